The molecule has 4 aliphatic rings. The molecule has 0 radical (unpaired) electrons. The number of carbonyl (C=O) groups is 6. The molecule has 21 nitrogen and oxygen atoms in total. The van der Waals surface area contributed by atoms with Crippen molar-refractivity contribution in [3.63, 3.8) is 0 Å². The van der Waals surface area contributed by atoms with Crippen LogP contribution in [-0.4, -0.2) is 173 Å². The molecule has 6 rings (SSSR count). The number of hydroxylamine groups is 2. The minimum atomic E-state index is -0.734. The van der Waals surface area contributed by atoms with Crippen LogP contribution in [0.25, 0.3) is 6.08 Å². The molecule has 0 spiro atoms. The number of pyridine rings is 1. The molecule has 1 aromatic heterocycles. The number of benzene rings is 1. The highest BCUT2D eigenvalue weighted by molar-refractivity contribution is 6.13. The van der Waals surface area contributed by atoms with Crippen molar-refractivity contribution >= 4 is 58.7 Å². The number of rotatable bonds is 32. The van der Waals surface area contributed by atoms with Gasteiger partial charge >= 0.3 is 0 Å². The van der Waals surface area contributed by atoms with Crippen LogP contribution in [0.2, 0.25) is 0 Å². The molecule has 6 amide bonds. The number of aromatic nitrogens is 1. The van der Waals surface area contributed by atoms with Gasteiger partial charge in [-0.15, -0.1) is 0 Å². The molecule has 386 valence electrons. The Balaban J connectivity index is 0.776. The second kappa shape index (κ2) is 28.2. The number of fused-ring (bicyclic) bond motifs is 2. The number of amides is 6. The molecule has 4 N–H and O–H groups in total. The second-order valence-electron chi connectivity index (χ2n) is 17.2. The topological polar surface area (TPSA) is 252 Å². The molecular weight excluding hydrogens is 921 g/mol. The molecular formula is C50H68N8O13. The van der Waals surface area contributed by atoms with E-state index in [-0.39, 0.29) is 56.0 Å². The highest BCUT2D eigenvalue weighted by atomic mass is 16.7. The number of nitrogens with two attached hydrogens (primary N) is 1. The number of ether oxygens (including phenoxy) is 6. The van der Waals surface area contributed by atoms with E-state index >= 15 is 0 Å². The minimum Gasteiger partial charge on any atom is -0.387 e. The van der Waals surface area contributed by atoms with Gasteiger partial charge in [0.15, 0.2) is 0 Å². The molecule has 4 heterocycles. The number of anilines is 1. The van der Waals surface area contributed by atoms with E-state index in [4.69, 9.17) is 39.0 Å². The van der Waals surface area contributed by atoms with E-state index in [1.807, 2.05) is 38.1 Å². The third-order valence-corrected chi connectivity index (χ3v) is 11.9. The summed E-state index contributed by atoms with van der Waals surface area (Å²) in [5, 5.41) is 7.14. The summed E-state index contributed by atoms with van der Waals surface area (Å²) in [7, 11) is 0. The summed E-state index contributed by atoms with van der Waals surface area (Å²) in [6, 6.07) is 7.60. The fourth-order valence-corrected chi connectivity index (χ4v) is 8.03. The van der Waals surface area contributed by atoms with Gasteiger partial charge in [0.1, 0.15) is 5.84 Å². The van der Waals surface area contributed by atoms with Gasteiger partial charge in [0.25, 0.3) is 17.7 Å². The van der Waals surface area contributed by atoms with Crippen molar-refractivity contribution in [2.75, 3.05) is 117 Å². The molecule has 0 bridgehead atoms. The molecule has 1 fully saturated rings. The summed E-state index contributed by atoms with van der Waals surface area (Å²) in [6.45, 7) is 10.4. The molecule has 0 atom stereocenters. The number of nitrogens with one attached hydrogen (secondary N) is 2. The van der Waals surface area contributed by atoms with Gasteiger partial charge in [0.2, 0.25) is 17.7 Å². The van der Waals surface area contributed by atoms with Crippen LogP contribution >= 0.6 is 0 Å². The van der Waals surface area contributed by atoms with Gasteiger partial charge in [0.05, 0.1) is 115 Å². The summed E-state index contributed by atoms with van der Waals surface area (Å²) >= 11 is 0. The van der Waals surface area contributed by atoms with Gasteiger partial charge in [-0.3, -0.25) is 43.5 Å². The second-order valence-corrected chi connectivity index (χ2v) is 17.2. The number of carbonyl (C=O) groups excluding carboxylic acids is 6. The van der Waals surface area contributed by atoms with E-state index in [0.29, 0.717) is 148 Å². The number of nitrogens with zero attached hydrogens (tertiary/aromatic N) is 5. The maximum atomic E-state index is 13.9. The number of amidine groups is 1. The average Bonchev–Trinajstić information content (AvgIpc) is 4.14. The van der Waals surface area contributed by atoms with E-state index in [1.54, 1.807) is 17.2 Å². The van der Waals surface area contributed by atoms with E-state index in [9.17, 15) is 28.8 Å². The van der Waals surface area contributed by atoms with Gasteiger partial charge in [-0.05, 0) is 55.5 Å². The Morgan fingerprint density at radius 2 is 1.45 bits per heavy atom. The lowest BCUT2D eigenvalue weighted by molar-refractivity contribution is -0.180. The summed E-state index contributed by atoms with van der Waals surface area (Å²) in [4.78, 5) is 92.9. The van der Waals surface area contributed by atoms with Crippen molar-refractivity contribution < 1.29 is 62.0 Å². The zero-order valence-corrected chi connectivity index (χ0v) is 40.9. The predicted molar refractivity (Wildman–Crippen MR) is 260 cm³/mol. The number of hydrogen-bond donors (Lipinski definition) is 3. The first-order valence-electron chi connectivity index (χ1n) is 24.5. The van der Waals surface area contributed by atoms with Crippen LogP contribution in [0.4, 0.5) is 11.4 Å². The molecule has 0 unspecified atom stereocenters. The summed E-state index contributed by atoms with van der Waals surface area (Å²) in [5.41, 5.74) is 10.6. The first kappa shape index (κ1) is 54.4. The van der Waals surface area contributed by atoms with Crippen molar-refractivity contribution in [2.24, 2.45) is 10.7 Å². The van der Waals surface area contributed by atoms with Gasteiger partial charge in [-0.25, -0.2) is 10.1 Å². The Labute approximate surface area is 414 Å². The maximum absolute atomic E-state index is 13.9. The molecule has 71 heavy (non-hydrogen) atoms. The smallest absolute Gasteiger partial charge is 0.273 e. The fourth-order valence-electron chi connectivity index (χ4n) is 8.03. The molecule has 1 saturated carbocycles. The van der Waals surface area contributed by atoms with Crippen molar-refractivity contribution in [3.8, 4) is 0 Å². The first-order chi connectivity index (χ1) is 34.5. The summed E-state index contributed by atoms with van der Waals surface area (Å²) in [6.07, 6.45) is 8.99. The van der Waals surface area contributed by atoms with Crippen molar-refractivity contribution in [2.45, 2.75) is 70.8 Å². The first-order valence-corrected chi connectivity index (χ1v) is 24.5. The Hall–Kier alpha value is -5.94. The minimum absolute atomic E-state index is 0.0233. The zero-order valence-electron chi connectivity index (χ0n) is 40.9. The van der Waals surface area contributed by atoms with Crippen LogP contribution < -0.4 is 16.4 Å². The molecule has 1 aromatic carbocycles. The highest BCUT2D eigenvalue weighted by Gasteiger charge is 2.51. The lowest BCUT2D eigenvalue weighted by atomic mass is 9.92. The van der Waals surface area contributed by atoms with Crippen LogP contribution in [0.1, 0.15) is 74.8 Å². The zero-order chi connectivity index (χ0) is 50.4. The third kappa shape index (κ3) is 16.6. The van der Waals surface area contributed by atoms with Crippen molar-refractivity contribution in [3.05, 3.63) is 70.6 Å². The van der Waals surface area contributed by atoms with Crippen LogP contribution in [0.3, 0.4) is 0 Å². The fraction of sp³-hybridized carbons (Fsp3) is 0.560. The van der Waals surface area contributed by atoms with Crippen molar-refractivity contribution in [1.82, 2.24) is 25.2 Å². The standard InChI is InChI=1S/C50H68N8O13/c1-3-15-58(71-4-2)48(63)37-30-36-5-6-39(33-42(36)55-43(51)32-37)50(12-13-50)49(64)54-40-31-38-35-56(16-9-41(38)53-34-40)45(60)11-18-65-20-22-67-24-26-69-28-29-70-27-25-68-23-21-66-19-14-52-44(59)10-17-57-46(61)7-8-47(57)62/h5-8,30-31,33-34H,3-4,9-29,32,35H2,1-2H3,(H2,51,55)(H,52,59)(H,54,64). The predicted octanol–water partition coefficient (Wildman–Crippen LogP) is 2.52. The summed E-state index contributed by atoms with van der Waals surface area (Å²) < 4.78 is 33.2. The van der Waals surface area contributed by atoms with E-state index in [1.165, 1.54) is 17.2 Å². The van der Waals surface area contributed by atoms with E-state index < -0.39 is 17.2 Å². The Kier molecular flexibility index (Phi) is 21.6. The highest BCUT2D eigenvalue weighted by Crippen LogP contribution is 2.50. The normalized spacial score (nSPS) is 15.7. The van der Waals surface area contributed by atoms with Gasteiger partial charge < -0.3 is 49.7 Å². The lowest BCUT2D eigenvalue weighted by Crippen LogP contribution is -2.37. The van der Waals surface area contributed by atoms with Crippen LogP contribution in [0, 0.1) is 0 Å². The van der Waals surface area contributed by atoms with Gasteiger partial charge in [0, 0.05) is 81.0 Å². The Morgan fingerprint density at radius 3 is 2.07 bits per heavy atom. The number of hydrogen-bond acceptors (Lipinski definition) is 16. The third-order valence-electron chi connectivity index (χ3n) is 11.9. The SMILES string of the molecule is CCCN(OCC)C(=O)C1=Cc2ccc(C3(C(=O)Nc4cnc5c(c4)CN(C(=O)CCOCCOCCOCCOCCOCCOCCNC(=O)CCN4C(=O)C=CC4=O)CC5)CC3)cc2N=C(N)C1. The van der Waals surface area contributed by atoms with E-state index in [2.05, 4.69) is 20.6 Å². The van der Waals surface area contributed by atoms with Gasteiger partial charge in [-0.2, -0.15) is 0 Å². The Morgan fingerprint density at radius 1 is 0.817 bits per heavy atom. The van der Waals surface area contributed by atoms with E-state index in [0.717, 1.165) is 33.7 Å². The molecule has 1 aliphatic carbocycles. The number of aliphatic imine (C=N–C) groups is 1. The molecule has 3 aliphatic heterocycles. The summed E-state index contributed by atoms with van der Waals surface area (Å²) in [5.74, 6) is -1.19. The largest absolute Gasteiger partial charge is 0.387 e. The number of imide groups is 1. The lowest BCUT2D eigenvalue weighted by Gasteiger charge is -2.29. The monoisotopic (exact) mass is 988 g/mol. The van der Waals surface area contributed by atoms with Crippen LogP contribution in [0.15, 0.2) is 53.2 Å². The van der Waals surface area contributed by atoms with Gasteiger partial charge in [-0.1, -0.05) is 19.1 Å². The molecule has 2 aromatic rings. The quantitative estimate of drug-likeness (QED) is 0.0541. The van der Waals surface area contributed by atoms with Crippen LogP contribution in [-0.2, 0) is 80.4 Å². The maximum Gasteiger partial charge on any atom is 0.273 e. The van der Waals surface area contributed by atoms with Crippen molar-refractivity contribution in [1.29, 1.82) is 0 Å². The Bertz CT molecular complexity index is 2240. The van der Waals surface area contributed by atoms with Crippen LogP contribution in [0.5, 0.6) is 0 Å². The molecule has 21 heteroatoms. The molecule has 0 saturated heterocycles. The average molecular weight is 989 g/mol.